The van der Waals surface area contributed by atoms with Gasteiger partial charge in [0.15, 0.2) is 5.96 Å². The second-order valence-electron chi connectivity index (χ2n) is 19.3. The molecule has 30 heteroatoms. The highest BCUT2D eigenvalue weighted by molar-refractivity contribution is 14.1. The molecule has 438 valence electrons. The van der Waals surface area contributed by atoms with Crippen molar-refractivity contribution in [3.8, 4) is 5.75 Å². The number of nitrogens with zero attached hydrogens (tertiary/aromatic N) is 2. The van der Waals surface area contributed by atoms with Crippen molar-refractivity contribution < 1.29 is 57.8 Å². The highest BCUT2D eigenvalue weighted by atomic mass is 127. The van der Waals surface area contributed by atoms with Crippen LogP contribution in [0.1, 0.15) is 76.3 Å². The lowest BCUT2D eigenvalue weighted by molar-refractivity contribution is -0.142. The molecule has 0 unspecified atom stereocenters. The summed E-state index contributed by atoms with van der Waals surface area (Å²) in [7, 11) is 2.03. The van der Waals surface area contributed by atoms with Crippen molar-refractivity contribution in [2.45, 2.75) is 132 Å². The number of phenolic OH excluding ortho intramolecular Hbond substituents is 1. The van der Waals surface area contributed by atoms with E-state index in [-0.39, 0.29) is 74.8 Å². The molecule has 0 aliphatic carbocycles. The Bertz CT molecular complexity index is 2600. The quantitative estimate of drug-likeness (QED) is 0.0191. The van der Waals surface area contributed by atoms with Gasteiger partial charge in [-0.25, -0.2) is 0 Å². The van der Waals surface area contributed by atoms with Crippen molar-refractivity contribution in [3.63, 3.8) is 0 Å². The molecule has 27 nitrogen and oxygen atoms in total. The second kappa shape index (κ2) is 32.4. The molecule has 4 rings (SSSR count). The minimum Gasteiger partial charge on any atom is -0.507 e. The van der Waals surface area contributed by atoms with Crippen LogP contribution in [0.2, 0.25) is 0 Å². The summed E-state index contributed by atoms with van der Waals surface area (Å²) in [4.78, 5) is 156. The van der Waals surface area contributed by atoms with E-state index in [2.05, 4.69) is 42.2 Å². The van der Waals surface area contributed by atoms with Gasteiger partial charge >= 0.3 is 0 Å². The number of nitrogens with one attached hydrogen (secondary N) is 7. The predicted molar refractivity (Wildman–Crippen MR) is 307 cm³/mol. The topological polar surface area (TPSA) is 464 Å². The summed E-state index contributed by atoms with van der Waals surface area (Å²) in [5.74, 6) is -10.9. The van der Waals surface area contributed by atoms with Crippen LogP contribution in [-0.2, 0) is 65.6 Å². The van der Waals surface area contributed by atoms with Crippen LogP contribution in [0, 0.1) is 9.49 Å². The number of amides is 11. The third kappa shape index (κ3) is 20.9. The SMILES string of the molecule is CC[C@H](C)[C@@H]1NC(=O)[C@@H](Cc2ccccc2)NC(=O)[C@H](N)CSSC[C@@H](C(=O)N2CCC[C@@H]2C(=O)N[C@@H](CCCN=C(N)N)C(=O)N[C@@H](Cc2ccc(O)c(I)c2)C(N)=O)NC(=O)[C@H](CC(N)=O)NC(=O)[C@@H](CCC(N)=O)NC1=O. The van der Waals surface area contributed by atoms with Crippen LogP contribution in [0.3, 0.4) is 0 Å². The van der Waals surface area contributed by atoms with E-state index in [0.29, 0.717) is 21.1 Å². The molecule has 2 heterocycles. The van der Waals surface area contributed by atoms with Crippen molar-refractivity contribution in [2.75, 3.05) is 24.6 Å². The summed E-state index contributed by atoms with van der Waals surface area (Å²) in [6, 6.07) is 0.770. The normalized spacial score (nSPS) is 22.8. The monoisotopic (exact) mass is 1270 g/mol. The highest BCUT2D eigenvalue weighted by Gasteiger charge is 2.41. The molecule has 0 aromatic heterocycles. The van der Waals surface area contributed by atoms with E-state index >= 15 is 0 Å². The van der Waals surface area contributed by atoms with Crippen LogP contribution in [0.5, 0.6) is 5.75 Å². The number of carbonyl (C=O) groups excluding carboxylic acids is 11. The zero-order chi connectivity index (χ0) is 59.2. The molecule has 2 aliphatic rings. The zero-order valence-corrected chi connectivity index (χ0v) is 48.1. The number of hydrogen-bond donors (Lipinski definition) is 14. The molecule has 0 bridgehead atoms. The largest absolute Gasteiger partial charge is 0.507 e. The maximum Gasteiger partial charge on any atom is 0.246 e. The lowest BCUT2D eigenvalue weighted by atomic mass is 9.96. The van der Waals surface area contributed by atoms with Gasteiger partial charge < -0.3 is 81.6 Å². The lowest BCUT2D eigenvalue weighted by Gasteiger charge is -2.31. The third-order valence-electron chi connectivity index (χ3n) is 13.1. The number of aliphatic imine (C=N–C) groups is 1. The van der Waals surface area contributed by atoms with E-state index in [0.717, 1.165) is 21.6 Å². The van der Waals surface area contributed by atoms with Gasteiger partial charge in [0, 0.05) is 43.9 Å². The van der Waals surface area contributed by atoms with E-state index < -0.39 is 145 Å². The first-order valence-corrected chi connectivity index (χ1v) is 29.3. The van der Waals surface area contributed by atoms with Crippen molar-refractivity contribution >= 4 is 115 Å². The Morgan fingerprint density at radius 2 is 1.44 bits per heavy atom. The summed E-state index contributed by atoms with van der Waals surface area (Å²) in [6.45, 7) is 3.46. The number of halogens is 1. The van der Waals surface area contributed by atoms with Gasteiger partial charge in [0.2, 0.25) is 65.0 Å². The minimum absolute atomic E-state index is 0.00408. The molecule has 2 aliphatic heterocycles. The van der Waals surface area contributed by atoms with Crippen LogP contribution in [-0.4, -0.2) is 160 Å². The Kier molecular flexibility index (Phi) is 26.5. The average molecular weight is 1270 g/mol. The number of hydrogen-bond acceptors (Lipinski definition) is 16. The number of likely N-dealkylation sites (tertiary alicyclic amines) is 1. The Morgan fingerprint density at radius 1 is 0.787 bits per heavy atom. The third-order valence-corrected chi connectivity index (χ3v) is 16.4. The van der Waals surface area contributed by atoms with E-state index in [1.807, 2.05) is 22.6 Å². The van der Waals surface area contributed by atoms with Gasteiger partial charge in [-0.1, -0.05) is 78.3 Å². The summed E-state index contributed by atoms with van der Waals surface area (Å²) in [5, 5.41) is 28.2. The molecule has 2 fully saturated rings. The molecule has 80 heavy (non-hydrogen) atoms. The molecule has 0 radical (unpaired) electrons. The molecule has 10 atom stereocenters. The molecular weight excluding hydrogens is 1190 g/mol. The van der Waals surface area contributed by atoms with Gasteiger partial charge in [0.1, 0.15) is 54.1 Å². The molecular formula is C50H72IN15O12S2. The predicted octanol–water partition coefficient (Wildman–Crippen LogP) is -3.39. The number of nitrogens with two attached hydrogens (primary N) is 6. The maximum absolute atomic E-state index is 14.8. The van der Waals surface area contributed by atoms with E-state index in [4.69, 9.17) is 34.4 Å². The Labute approximate surface area is 483 Å². The molecule has 2 aromatic carbocycles. The Morgan fingerprint density at radius 3 is 2.08 bits per heavy atom. The minimum atomic E-state index is -1.79. The van der Waals surface area contributed by atoms with Crippen LogP contribution in [0.4, 0.5) is 0 Å². The van der Waals surface area contributed by atoms with Crippen molar-refractivity contribution in [2.24, 2.45) is 45.3 Å². The van der Waals surface area contributed by atoms with Crippen LogP contribution in [0.25, 0.3) is 0 Å². The summed E-state index contributed by atoms with van der Waals surface area (Å²) >= 11 is 1.90. The fraction of sp³-hybridized carbons (Fsp3) is 0.520. The van der Waals surface area contributed by atoms with Crippen LogP contribution < -0.4 is 71.6 Å². The average Bonchev–Trinajstić information content (AvgIpc) is 3.94. The van der Waals surface area contributed by atoms with Crippen LogP contribution >= 0.6 is 44.2 Å². The first kappa shape index (κ1) is 65.6. The maximum atomic E-state index is 14.8. The van der Waals surface area contributed by atoms with Gasteiger partial charge in [-0.3, -0.25) is 57.7 Å². The summed E-state index contributed by atoms with van der Waals surface area (Å²) in [5.41, 5.74) is 35.3. The summed E-state index contributed by atoms with van der Waals surface area (Å²) < 4.78 is 0.482. The highest BCUT2D eigenvalue weighted by Crippen LogP contribution is 2.26. The number of rotatable bonds is 21. The molecule has 0 spiro atoms. The van der Waals surface area contributed by atoms with Gasteiger partial charge in [0.05, 0.1) is 16.0 Å². The first-order chi connectivity index (χ1) is 37.9. The molecule has 20 N–H and O–H groups in total. The Balaban J connectivity index is 1.68. The van der Waals surface area contributed by atoms with Crippen molar-refractivity contribution in [3.05, 3.63) is 63.2 Å². The fourth-order valence-electron chi connectivity index (χ4n) is 8.51. The number of carbonyl (C=O) groups is 11. The van der Waals surface area contributed by atoms with E-state index in [1.54, 1.807) is 56.3 Å². The van der Waals surface area contributed by atoms with Crippen LogP contribution in [0.15, 0.2) is 53.5 Å². The molecule has 2 saturated heterocycles. The zero-order valence-electron chi connectivity index (χ0n) is 44.3. The first-order valence-electron chi connectivity index (χ1n) is 25.7. The van der Waals surface area contributed by atoms with Gasteiger partial charge in [0.25, 0.3) is 0 Å². The van der Waals surface area contributed by atoms with Gasteiger partial charge in [-0.05, 0) is 83.9 Å². The molecule has 2 aromatic rings. The number of aromatic hydroxyl groups is 1. The number of phenols is 1. The van der Waals surface area contributed by atoms with Crippen molar-refractivity contribution in [1.82, 2.24) is 42.1 Å². The number of benzene rings is 2. The number of guanidine groups is 1. The van der Waals surface area contributed by atoms with Gasteiger partial charge in [-0.15, -0.1) is 0 Å². The Hall–Kier alpha value is -6.93. The van der Waals surface area contributed by atoms with Gasteiger partial charge in [-0.2, -0.15) is 0 Å². The van der Waals surface area contributed by atoms with E-state index in [9.17, 15) is 57.8 Å². The van der Waals surface area contributed by atoms with E-state index in [1.165, 1.54) is 11.0 Å². The second-order valence-corrected chi connectivity index (χ2v) is 23.0. The molecule has 0 saturated carbocycles. The smallest absolute Gasteiger partial charge is 0.246 e. The number of primary amides is 3. The fourth-order valence-corrected chi connectivity index (χ4v) is 11.4. The summed E-state index contributed by atoms with van der Waals surface area (Å²) in [6.07, 6.45) is -0.908. The lowest BCUT2D eigenvalue weighted by Crippen LogP contribution is -2.61. The van der Waals surface area contributed by atoms with Crippen molar-refractivity contribution in [1.29, 1.82) is 0 Å². The standard InChI is InChI=1S/C50H72IN15O12S2/c1-3-25(2)40-48(77)60-31(14-16-38(53)68)44(73)63-34(22-39(54)69)45(74)64-35(24-80-79-23-29(52)42(71)62-33(46(75)65-40)20-26-9-5-4-6-10-26)49(78)66-18-8-12-36(66)47(76)59-30(11-7-17-58-50(56)57)43(72)61-32(41(55)70)21-27-13-15-37(67)28(51)19-27/h4-6,9-10,13,15,19,25,29-36,40,67H,3,7-8,11-12,14,16-18,20-24,52H2,1-2H3,(H2,53,68)(H2,54,69)(H2,55,70)(H,59,76)(H,60,77)(H,61,72)(H,62,71)(H,63,73)(H,64,74)(H,65,75)(H4,56,57,58)/t25-,29+,30-,31+,32-,33+,34-,35-,36+,40-/m0/s1. The molecule has 11 amide bonds.